The Hall–Kier alpha value is -2.84. The third-order valence-electron chi connectivity index (χ3n) is 4.23. The van der Waals surface area contributed by atoms with Crippen molar-refractivity contribution in [2.45, 2.75) is 0 Å². The van der Waals surface area contributed by atoms with Crippen LogP contribution in [0.15, 0.2) is 52.5 Å². The first-order chi connectivity index (χ1) is 13.9. The van der Waals surface area contributed by atoms with Gasteiger partial charge in [0.2, 0.25) is 0 Å². The van der Waals surface area contributed by atoms with E-state index in [9.17, 15) is 4.79 Å². The average Bonchev–Trinajstić information content (AvgIpc) is 2.99. The van der Waals surface area contributed by atoms with E-state index in [1.807, 2.05) is 49.3 Å². The highest BCUT2D eigenvalue weighted by Crippen LogP contribution is 2.33. The van der Waals surface area contributed by atoms with Crippen LogP contribution >= 0.6 is 24.0 Å². The molecule has 0 radical (unpaired) electrons. The minimum atomic E-state index is -0.250. The second-order valence-corrected chi connectivity index (χ2v) is 8.01. The maximum Gasteiger partial charge on any atom is 0.286 e. The molecule has 29 heavy (non-hydrogen) atoms. The number of thiocarbonyl (C=S) groups is 1. The molecular weight excluding hydrogens is 406 g/mol. The number of carbonyl (C=O) groups excluding carboxylic acids is 1. The number of hydrazone groups is 1. The summed E-state index contributed by atoms with van der Waals surface area (Å²) in [4.78, 5) is 15.3. The SMILES string of the molecule is COc1ccc(/C=N/N2C(=O)/C(=C\c3ccc(N(C)C)cc3)SC2=S)c(OC)c1. The van der Waals surface area contributed by atoms with Crippen molar-refractivity contribution in [2.75, 3.05) is 33.2 Å². The van der Waals surface area contributed by atoms with E-state index in [2.05, 4.69) is 5.10 Å². The molecule has 8 heteroatoms. The van der Waals surface area contributed by atoms with Crippen LogP contribution in [0.3, 0.4) is 0 Å². The number of nitrogens with zero attached hydrogens (tertiary/aromatic N) is 3. The molecular formula is C21H21N3O3S2. The van der Waals surface area contributed by atoms with Crippen LogP contribution in [0.25, 0.3) is 6.08 Å². The Morgan fingerprint density at radius 2 is 1.83 bits per heavy atom. The van der Waals surface area contributed by atoms with Crippen molar-refractivity contribution in [1.29, 1.82) is 0 Å². The fourth-order valence-corrected chi connectivity index (χ4v) is 3.80. The zero-order valence-electron chi connectivity index (χ0n) is 16.6. The van der Waals surface area contributed by atoms with Crippen molar-refractivity contribution in [2.24, 2.45) is 5.10 Å². The van der Waals surface area contributed by atoms with Gasteiger partial charge in [-0.05, 0) is 48.1 Å². The molecule has 1 aliphatic heterocycles. The van der Waals surface area contributed by atoms with Crippen LogP contribution in [0.4, 0.5) is 5.69 Å². The summed E-state index contributed by atoms with van der Waals surface area (Å²) in [5, 5.41) is 5.50. The lowest BCUT2D eigenvalue weighted by atomic mass is 10.2. The number of methoxy groups -OCH3 is 2. The van der Waals surface area contributed by atoms with Crippen LogP contribution in [0.1, 0.15) is 11.1 Å². The number of rotatable bonds is 6. The molecule has 0 atom stereocenters. The van der Waals surface area contributed by atoms with E-state index < -0.39 is 0 Å². The van der Waals surface area contributed by atoms with Crippen molar-refractivity contribution in [3.8, 4) is 11.5 Å². The van der Waals surface area contributed by atoms with E-state index in [1.165, 1.54) is 16.8 Å². The van der Waals surface area contributed by atoms with Gasteiger partial charge in [-0.15, -0.1) is 0 Å². The third-order valence-corrected chi connectivity index (χ3v) is 5.52. The van der Waals surface area contributed by atoms with E-state index >= 15 is 0 Å². The standard InChI is InChI=1S/C21H21N3O3S2/c1-23(2)16-8-5-14(6-9-16)11-19-20(25)24(21(28)29-19)22-13-15-7-10-17(26-3)12-18(15)27-4/h5-13H,1-4H3/b19-11+,22-13+. The Labute approximate surface area is 179 Å². The molecule has 1 amide bonds. The van der Waals surface area contributed by atoms with Crippen molar-refractivity contribution < 1.29 is 14.3 Å². The van der Waals surface area contributed by atoms with E-state index in [1.54, 1.807) is 38.6 Å². The van der Waals surface area contributed by atoms with Gasteiger partial charge in [0.25, 0.3) is 5.91 Å². The molecule has 0 saturated carbocycles. The lowest BCUT2D eigenvalue weighted by Crippen LogP contribution is -2.22. The normalized spacial score (nSPS) is 15.4. The fourth-order valence-electron chi connectivity index (χ4n) is 2.62. The maximum atomic E-state index is 12.7. The first kappa shape index (κ1) is 20.9. The second-order valence-electron chi connectivity index (χ2n) is 6.33. The number of amides is 1. The van der Waals surface area contributed by atoms with Gasteiger partial charge in [-0.2, -0.15) is 10.1 Å². The zero-order valence-corrected chi connectivity index (χ0v) is 18.2. The summed E-state index contributed by atoms with van der Waals surface area (Å²) >= 11 is 6.57. The van der Waals surface area contributed by atoms with Gasteiger partial charge < -0.3 is 14.4 Å². The first-order valence-electron chi connectivity index (χ1n) is 8.74. The molecule has 6 nitrogen and oxygen atoms in total. The van der Waals surface area contributed by atoms with Crippen LogP contribution < -0.4 is 14.4 Å². The predicted molar refractivity (Wildman–Crippen MR) is 123 cm³/mol. The molecule has 0 aromatic heterocycles. The fraction of sp³-hybridized carbons (Fsp3) is 0.190. The molecule has 0 unspecified atom stereocenters. The summed E-state index contributed by atoms with van der Waals surface area (Å²) in [7, 11) is 7.12. The lowest BCUT2D eigenvalue weighted by molar-refractivity contribution is -0.122. The van der Waals surface area contributed by atoms with Gasteiger partial charge in [-0.3, -0.25) is 4.79 Å². The summed E-state index contributed by atoms with van der Waals surface area (Å²) in [6, 6.07) is 13.3. The number of thioether (sulfide) groups is 1. The van der Waals surface area contributed by atoms with E-state index in [4.69, 9.17) is 21.7 Å². The molecule has 2 aromatic rings. The zero-order chi connectivity index (χ0) is 21.0. The quantitative estimate of drug-likeness (QED) is 0.395. The molecule has 1 aliphatic rings. The number of hydrogen-bond acceptors (Lipinski definition) is 7. The highest BCUT2D eigenvalue weighted by molar-refractivity contribution is 8.26. The van der Waals surface area contributed by atoms with Crippen LogP contribution in [0.5, 0.6) is 11.5 Å². The predicted octanol–water partition coefficient (Wildman–Crippen LogP) is 4.01. The molecule has 0 N–H and O–H groups in total. The minimum Gasteiger partial charge on any atom is -0.497 e. The number of anilines is 1. The second kappa shape index (κ2) is 9.11. The molecule has 3 rings (SSSR count). The van der Waals surface area contributed by atoms with Gasteiger partial charge in [-0.1, -0.05) is 23.9 Å². The molecule has 1 fully saturated rings. The number of hydrogen-bond donors (Lipinski definition) is 0. The monoisotopic (exact) mass is 427 g/mol. The average molecular weight is 428 g/mol. The molecule has 0 bridgehead atoms. The van der Waals surface area contributed by atoms with Gasteiger partial charge in [0, 0.05) is 31.4 Å². The molecule has 2 aromatic carbocycles. The first-order valence-corrected chi connectivity index (χ1v) is 9.96. The van der Waals surface area contributed by atoms with Crippen LogP contribution in [0, 0.1) is 0 Å². The summed E-state index contributed by atoms with van der Waals surface area (Å²) in [5.41, 5.74) is 2.73. The Kier molecular flexibility index (Phi) is 6.56. The van der Waals surface area contributed by atoms with E-state index in [0.29, 0.717) is 26.3 Å². The smallest absolute Gasteiger partial charge is 0.286 e. The number of carbonyl (C=O) groups is 1. The Morgan fingerprint density at radius 3 is 2.45 bits per heavy atom. The largest absolute Gasteiger partial charge is 0.497 e. The van der Waals surface area contributed by atoms with Gasteiger partial charge in [0.05, 0.1) is 25.3 Å². The van der Waals surface area contributed by atoms with E-state index in [0.717, 1.165) is 11.3 Å². The summed E-state index contributed by atoms with van der Waals surface area (Å²) in [6.45, 7) is 0. The van der Waals surface area contributed by atoms with Gasteiger partial charge in [0.15, 0.2) is 4.32 Å². The molecule has 0 aliphatic carbocycles. The lowest BCUT2D eigenvalue weighted by Gasteiger charge is -2.11. The number of ether oxygens (including phenoxy) is 2. The van der Waals surface area contributed by atoms with Crippen molar-refractivity contribution >= 4 is 52.2 Å². The Balaban J connectivity index is 1.79. The summed E-state index contributed by atoms with van der Waals surface area (Å²) < 4.78 is 10.9. The topological polar surface area (TPSA) is 54.4 Å². The van der Waals surface area contributed by atoms with E-state index in [-0.39, 0.29) is 5.91 Å². The Morgan fingerprint density at radius 1 is 1.10 bits per heavy atom. The van der Waals surface area contributed by atoms with Crippen LogP contribution in [-0.2, 0) is 4.79 Å². The van der Waals surface area contributed by atoms with Gasteiger partial charge in [-0.25, -0.2) is 0 Å². The van der Waals surface area contributed by atoms with Gasteiger partial charge in [0.1, 0.15) is 11.5 Å². The Bertz CT molecular complexity index is 985. The maximum absolute atomic E-state index is 12.7. The highest BCUT2D eigenvalue weighted by Gasteiger charge is 2.32. The van der Waals surface area contributed by atoms with Crippen molar-refractivity contribution in [3.05, 3.63) is 58.5 Å². The molecule has 150 valence electrons. The van der Waals surface area contributed by atoms with Crippen LogP contribution in [0.2, 0.25) is 0 Å². The van der Waals surface area contributed by atoms with Crippen molar-refractivity contribution in [3.63, 3.8) is 0 Å². The van der Waals surface area contributed by atoms with Crippen molar-refractivity contribution in [1.82, 2.24) is 5.01 Å². The molecule has 1 saturated heterocycles. The number of benzene rings is 2. The molecule has 0 spiro atoms. The summed E-state index contributed by atoms with van der Waals surface area (Å²) in [6.07, 6.45) is 3.38. The van der Waals surface area contributed by atoms with Gasteiger partial charge >= 0.3 is 0 Å². The van der Waals surface area contributed by atoms with Crippen LogP contribution in [-0.4, -0.2) is 49.8 Å². The molecule has 1 heterocycles. The highest BCUT2D eigenvalue weighted by atomic mass is 32.2. The minimum absolute atomic E-state index is 0.250. The summed E-state index contributed by atoms with van der Waals surface area (Å²) in [5.74, 6) is 1.02. The third kappa shape index (κ3) is 4.78.